The molecule has 0 unspecified atom stereocenters. The first-order valence-electron chi connectivity index (χ1n) is 14.1. The lowest BCUT2D eigenvalue weighted by atomic mass is 9.95. The number of likely N-dealkylation sites (tertiary alicyclic amines) is 3. The van der Waals surface area contributed by atoms with E-state index in [0.29, 0.717) is 62.9 Å². The minimum atomic E-state index is -0.666. The molecule has 0 aromatic heterocycles. The van der Waals surface area contributed by atoms with Crippen LogP contribution < -0.4 is 0 Å². The number of hydrogen-bond donors (Lipinski definition) is 1. The quantitative estimate of drug-likeness (QED) is 0.586. The van der Waals surface area contributed by atoms with Gasteiger partial charge in [0.05, 0.1) is 12.1 Å². The zero-order chi connectivity index (χ0) is 26.8. The zero-order valence-electron chi connectivity index (χ0n) is 21.8. The monoisotopic (exact) mass is 523 g/mol. The largest absolute Gasteiger partial charge is 0.389 e. The van der Waals surface area contributed by atoms with Crippen LogP contribution in [0.5, 0.6) is 0 Å². The third-order valence-electron chi connectivity index (χ3n) is 8.82. The van der Waals surface area contributed by atoms with Crippen molar-refractivity contribution >= 4 is 29.3 Å². The van der Waals surface area contributed by atoms with Gasteiger partial charge in [-0.25, -0.2) is 0 Å². The Balaban J connectivity index is 1.30. The standard InChI is InChI=1S/C29H37N3O6/c33-18-25(34)22-11-4-14-30(22)29(38)24-13-6-16-32(24)28(37)21-10-3-9-20(17-21)27(36)31-15-5-12-23(31)26(35)19-7-1-2-8-19/h3,9-10,17,19,22-24,33H,1-2,4-8,11-16,18H2/t22-,23-,24+/m1/s1. The molecule has 3 atom stereocenters. The Morgan fingerprint density at radius 3 is 1.82 bits per heavy atom. The molecule has 1 aliphatic carbocycles. The Bertz CT molecular complexity index is 1110. The van der Waals surface area contributed by atoms with Gasteiger partial charge in [-0.1, -0.05) is 18.9 Å². The molecule has 3 amide bonds. The molecule has 5 rings (SSSR count). The van der Waals surface area contributed by atoms with E-state index in [2.05, 4.69) is 0 Å². The molecule has 204 valence electrons. The van der Waals surface area contributed by atoms with Crippen LogP contribution in [0.1, 0.15) is 84.9 Å². The number of Topliss-reactive ketones (excluding diaryl/α,β-unsaturated/α-hetero) is 2. The number of aliphatic hydroxyl groups excluding tert-OH is 1. The van der Waals surface area contributed by atoms with E-state index in [9.17, 15) is 29.1 Å². The maximum absolute atomic E-state index is 13.6. The third kappa shape index (κ3) is 5.00. The van der Waals surface area contributed by atoms with E-state index in [0.717, 1.165) is 32.1 Å². The molecule has 4 fully saturated rings. The van der Waals surface area contributed by atoms with E-state index in [1.54, 1.807) is 34.1 Å². The second-order valence-corrected chi connectivity index (χ2v) is 11.1. The Kier molecular flexibility index (Phi) is 7.93. The molecule has 1 N–H and O–H groups in total. The van der Waals surface area contributed by atoms with Gasteiger partial charge in [0.15, 0.2) is 11.6 Å². The van der Waals surface area contributed by atoms with Gasteiger partial charge in [0.2, 0.25) is 5.91 Å². The van der Waals surface area contributed by atoms with Gasteiger partial charge < -0.3 is 19.8 Å². The first-order valence-corrected chi connectivity index (χ1v) is 14.1. The number of aliphatic hydroxyl groups is 1. The highest BCUT2D eigenvalue weighted by Gasteiger charge is 2.42. The zero-order valence-corrected chi connectivity index (χ0v) is 21.8. The normalized spacial score (nSPS) is 25.8. The van der Waals surface area contributed by atoms with Gasteiger partial charge >= 0.3 is 0 Å². The van der Waals surface area contributed by atoms with Crippen LogP contribution in [0, 0.1) is 5.92 Å². The molecule has 3 aliphatic heterocycles. The van der Waals surface area contributed by atoms with Crippen LogP contribution in [0.2, 0.25) is 0 Å². The van der Waals surface area contributed by atoms with Crippen molar-refractivity contribution in [3.05, 3.63) is 35.4 Å². The van der Waals surface area contributed by atoms with Crippen LogP contribution >= 0.6 is 0 Å². The maximum atomic E-state index is 13.6. The summed E-state index contributed by atoms with van der Waals surface area (Å²) in [5.41, 5.74) is 0.704. The molecule has 0 spiro atoms. The Hall–Kier alpha value is -3.07. The molecule has 9 nitrogen and oxygen atoms in total. The fourth-order valence-corrected chi connectivity index (χ4v) is 6.83. The molecule has 0 bridgehead atoms. The van der Waals surface area contributed by atoms with Crippen molar-refractivity contribution in [1.82, 2.24) is 14.7 Å². The summed E-state index contributed by atoms with van der Waals surface area (Å²) >= 11 is 0. The number of benzene rings is 1. The highest BCUT2D eigenvalue weighted by molar-refractivity contribution is 6.03. The summed E-state index contributed by atoms with van der Waals surface area (Å²) in [6.45, 7) is 0.789. The summed E-state index contributed by atoms with van der Waals surface area (Å²) in [7, 11) is 0. The minimum Gasteiger partial charge on any atom is -0.389 e. The second-order valence-electron chi connectivity index (χ2n) is 11.1. The van der Waals surface area contributed by atoms with E-state index in [1.165, 1.54) is 4.90 Å². The SMILES string of the molecule is O=C(CO)[C@H]1CCCN1C(=O)[C@@H]1CCCN1C(=O)c1cccc(C(=O)N2CCC[C@@H]2C(=O)C2CCCC2)c1. The van der Waals surface area contributed by atoms with E-state index in [-0.39, 0.29) is 41.2 Å². The van der Waals surface area contributed by atoms with Gasteiger partial charge in [-0.05, 0) is 69.6 Å². The molecule has 1 aromatic carbocycles. The van der Waals surface area contributed by atoms with E-state index in [1.807, 2.05) is 0 Å². The van der Waals surface area contributed by atoms with Crippen molar-refractivity contribution < 1.29 is 29.1 Å². The van der Waals surface area contributed by atoms with Crippen LogP contribution in [0.25, 0.3) is 0 Å². The lowest BCUT2D eigenvalue weighted by Gasteiger charge is -2.31. The Labute approximate surface area is 223 Å². The molecule has 9 heteroatoms. The van der Waals surface area contributed by atoms with Crippen LogP contribution in [0.4, 0.5) is 0 Å². The maximum Gasteiger partial charge on any atom is 0.254 e. The third-order valence-corrected chi connectivity index (χ3v) is 8.82. The molecule has 1 saturated carbocycles. The number of carbonyl (C=O) groups is 5. The lowest BCUT2D eigenvalue weighted by molar-refractivity contribution is -0.141. The fourth-order valence-electron chi connectivity index (χ4n) is 6.83. The summed E-state index contributed by atoms with van der Waals surface area (Å²) in [6.07, 6.45) is 7.82. The van der Waals surface area contributed by atoms with E-state index in [4.69, 9.17) is 0 Å². The van der Waals surface area contributed by atoms with E-state index < -0.39 is 18.7 Å². The van der Waals surface area contributed by atoms with Crippen molar-refractivity contribution in [3.63, 3.8) is 0 Å². The number of amides is 3. The van der Waals surface area contributed by atoms with Gasteiger partial charge in [-0.2, -0.15) is 0 Å². The minimum absolute atomic E-state index is 0.0498. The van der Waals surface area contributed by atoms with Gasteiger partial charge in [-0.15, -0.1) is 0 Å². The van der Waals surface area contributed by atoms with Gasteiger partial charge in [-0.3, -0.25) is 24.0 Å². The average Bonchev–Trinajstić information content (AvgIpc) is 3.77. The van der Waals surface area contributed by atoms with Crippen molar-refractivity contribution in [2.45, 2.75) is 82.3 Å². The van der Waals surface area contributed by atoms with Crippen LogP contribution in [-0.4, -0.2) is 93.5 Å². The summed E-state index contributed by atoms with van der Waals surface area (Å²) < 4.78 is 0. The van der Waals surface area contributed by atoms with Crippen molar-refractivity contribution in [2.24, 2.45) is 5.92 Å². The van der Waals surface area contributed by atoms with Gasteiger partial charge in [0.25, 0.3) is 11.8 Å². The van der Waals surface area contributed by atoms with E-state index >= 15 is 0 Å². The van der Waals surface area contributed by atoms with Crippen molar-refractivity contribution in [2.75, 3.05) is 26.2 Å². The number of rotatable bonds is 7. The molecular formula is C29H37N3O6. The van der Waals surface area contributed by atoms with Gasteiger partial charge in [0, 0.05) is 36.7 Å². The number of nitrogens with zero attached hydrogens (tertiary/aromatic N) is 3. The average molecular weight is 524 g/mol. The number of hydrogen-bond acceptors (Lipinski definition) is 6. The van der Waals surface area contributed by atoms with Crippen LogP contribution in [0.3, 0.4) is 0 Å². The fraction of sp³-hybridized carbons (Fsp3) is 0.621. The predicted molar refractivity (Wildman–Crippen MR) is 138 cm³/mol. The summed E-state index contributed by atoms with van der Waals surface area (Å²) in [5.74, 6) is -0.945. The smallest absolute Gasteiger partial charge is 0.254 e. The molecule has 38 heavy (non-hydrogen) atoms. The first kappa shape index (κ1) is 26.5. The Morgan fingerprint density at radius 1 is 0.684 bits per heavy atom. The topological polar surface area (TPSA) is 115 Å². The summed E-state index contributed by atoms with van der Waals surface area (Å²) in [6, 6.07) is 4.89. The van der Waals surface area contributed by atoms with Crippen LogP contribution in [0.15, 0.2) is 24.3 Å². The van der Waals surface area contributed by atoms with Crippen molar-refractivity contribution in [3.8, 4) is 0 Å². The summed E-state index contributed by atoms with van der Waals surface area (Å²) in [4.78, 5) is 70.4. The first-order chi connectivity index (χ1) is 18.4. The molecule has 0 radical (unpaired) electrons. The number of ketones is 2. The second kappa shape index (κ2) is 11.4. The molecule has 3 saturated heterocycles. The molecule has 3 heterocycles. The van der Waals surface area contributed by atoms with Gasteiger partial charge in [0.1, 0.15) is 12.6 Å². The highest BCUT2D eigenvalue weighted by atomic mass is 16.3. The van der Waals surface area contributed by atoms with Crippen molar-refractivity contribution in [1.29, 1.82) is 0 Å². The molecule has 4 aliphatic rings. The number of carbonyl (C=O) groups excluding carboxylic acids is 5. The highest BCUT2D eigenvalue weighted by Crippen LogP contribution is 2.32. The predicted octanol–water partition coefficient (Wildman–Crippen LogP) is 2.21. The summed E-state index contributed by atoms with van der Waals surface area (Å²) in [5, 5.41) is 9.30. The Morgan fingerprint density at radius 2 is 1.21 bits per heavy atom. The molecule has 1 aromatic rings. The lowest BCUT2D eigenvalue weighted by Crippen LogP contribution is -2.51. The van der Waals surface area contributed by atoms with Crippen LogP contribution in [-0.2, 0) is 14.4 Å². The molecular weight excluding hydrogens is 486 g/mol.